The van der Waals surface area contributed by atoms with Crippen molar-refractivity contribution in [2.45, 2.75) is 32.4 Å². The van der Waals surface area contributed by atoms with Gasteiger partial charge in [0.25, 0.3) is 0 Å². The van der Waals surface area contributed by atoms with Crippen molar-refractivity contribution in [1.29, 1.82) is 0 Å². The summed E-state index contributed by atoms with van der Waals surface area (Å²) >= 11 is 4.77. The minimum absolute atomic E-state index is 0.0506. The van der Waals surface area contributed by atoms with Crippen LogP contribution >= 0.6 is 12.6 Å². The van der Waals surface area contributed by atoms with Gasteiger partial charge in [-0.25, -0.2) is 0 Å². The highest BCUT2D eigenvalue weighted by molar-refractivity contribution is 7.81. The lowest BCUT2D eigenvalue weighted by Crippen LogP contribution is -2.43. The first-order valence-corrected chi connectivity index (χ1v) is 5.78. The Kier molecular flexibility index (Phi) is 2.60. The van der Waals surface area contributed by atoms with Crippen LogP contribution in [0.3, 0.4) is 0 Å². The van der Waals surface area contributed by atoms with Crippen molar-refractivity contribution in [3.05, 3.63) is 33.9 Å². The van der Waals surface area contributed by atoms with E-state index < -0.39 is 0 Å². The van der Waals surface area contributed by atoms with Gasteiger partial charge in [-0.2, -0.15) is 12.6 Å². The molecule has 0 amide bonds. The number of ether oxygens (including phenoxy) is 1. The summed E-state index contributed by atoms with van der Waals surface area (Å²) in [6.07, 6.45) is 0. The van der Waals surface area contributed by atoms with Crippen LogP contribution in [-0.2, 0) is 9.48 Å². The molecule has 2 rings (SSSR count). The van der Waals surface area contributed by atoms with Gasteiger partial charge in [-0.3, -0.25) is 0 Å². The first-order valence-electron chi connectivity index (χ1n) is 5.34. The fourth-order valence-corrected chi connectivity index (χ4v) is 2.87. The monoisotopic (exact) mass is 222 g/mol. The molecule has 1 aromatic carbocycles. The Labute approximate surface area is 97.2 Å². The zero-order valence-electron chi connectivity index (χ0n) is 9.85. The lowest BCUT2D eigenvalue weighted by molar-refractivity contribution is -0.0103. The van der Waals surface area contributed by atoms with E-state index in [4.69, 9.17) is 17.4 Å². The van der Waals surface area contributed by atoms with Gasteiger partial charge in [-0.05, 0) is 55.5 Å². The van der Waals surface area contributed by atoms with Crippen molar-refractivity contribution in [3.8, 4) is 0 Å². The highest BCUT2D eigenvalue weighted by Crippen LogP contribution is 2.41. The number of thiol groups is 1. The van der Waals surface area contributed by atoms with Crippen LogP contribution in [0.25, 0.3) is 0 Å². The van der Waals surface area contributed by atoms with E-state index in [0.29, 0.717) is 0 Å². The average Bonchev–Trinajstić information content (AvgIpc) is 2.12. The molecule has 0 saturated carbocycles. The SMILES string of the molecule is Cc1cc(C)c(C)c(C2(S)COC2)c1C. The van der Waals surface area contributed by atoms with E-state index in [1.807, 2.05) is 0 Å². The van der Waals surface area contributed by atoms with Crippen molar-refractivity contribution in [2.24, 2.45) is 0 Å². The van der Waals surface area contributed by atoms with Crippen LogP contribution in [-0.4, -0.2) is 13.2 Å². The van der Waals surface area contributed by atoms with Gasteiger partial charge in [0.2, 0.25) is 0 Å². The fraction of sp³-hybridized carbons (Fsp3) is 0.538. The topological polar surface area (TPSA) is 9.23 Å². The zero-order chi connectivity index (χ0) is 11.2. The Morgan fingerprint density at radius 3 is 1.87 bits per heavy atom. The third-order valence-corrected chi connectivity index (χ3v) is 3.99. The summed E-state index contributed by atoms with van der Waals surface area (Å²) < 4.78 is 5.25. The van der Waals surface area contributed by atoms with Crippen molar-refractivity contribution >= 4 is 12.6 Å². The maximum Gasteiger partial charge on any atom is 0.0849 e. The lowest BCUT2D eigenvalue weighted by atomic mass is 9.84. The van der Waals surface area contributed by atoms with Crippen LogP contribution in [0.15, 0.2) is 6.07 Å². The summed E-state index contributed by atoms with van der Waals surface area (Å²) in [6.45, 7) is 10.2. The van der Waals surface area contributed by atoms with Gasteiger partial charge in [0.05, 0.1) is 18.0 Å². The molecule has 0 bridgehead atoms. The second kappa shape index (κ2) is 3.53. The van der Waals surface area contributed by atoms with Gasteiger partial charge >= 0.3 is 0 Å². The van der Waals surface area contributed by atoms with E-state index in [1.165, 1.54) is 27.8 Å². The normalized spacial score (nSPS) is 18.7. The van der Waals surface area contributed by atoms with E-state index in [-0.39, 0.29) is 4.75 Å². The lowest BCUT2D eigenvalue weighted by Gasteiger charge is -2.40. The van der Waals surface area contributed by atoms with Crippen LogP contribution in [0.1, 0.15) is 27.8 Å². The Hall–Kier alpha value is -0.470. The van der Waals surface area contributed by atoms with Crippen molar-refractivity contribution < 1.29 is 4.74 Å². The van der Waals surface area contributed by atoms with Crippen LogP contribution in [0.2, 0.25) is 0 Å². The number of hydrogen-bond donors (Lipinski definition) is 1. The molecule has 0 aliphatic carbocycles. The minimum Gasteiger partial charge on any atom is -0.378 e. The second-order valence-electron chi connectivity index (χ2n) is 4.66. The molecule has 0 spiro atoms. The highest BCUT2D eigenvalue weighted by Gasteiger charge is 2.39. The van der Waals surface area contributed by atoms with Gasteiger partial charge in [0, 0.05) is 0 Å². The molecule has 0 aromatic heterocycles. The quantitative estimate of drug-likeness (QED) is 0.718. The molecule has 0 atom stereocenters. The standard InChI is InChI=1S/C13H18OS/c1-8-5-9(2)11(4)12(10(8)3)13(15)6-14-7-13/h5,15H,6-7H2,1-4H3. The smallest absolute Gasteiger partial charge is 0.0849 e. The Bertz CT molecular complexity index is 379. The van der Waals surface area contributed by atoms with Crippen molar-refractivity contribution in [2.75, 3.05) is 13.2 Å². The van der Waals surface area contributed by atoms with E-state index in [0.717, 1.165) is 13.2 Å². The van der Waals surface area contributed by atoms with Crippen LogP contribution in [0, 0.1) is 27.7 Å². The van der Waals surface area contributed by atoms with Crippen LogP contribution < -0.4 is 0 Å². The third kappa shape index (κ3) is 1.60. The Morgan fingerprint density at radius 2 is 1.53 bits per heavy atom. The van der Waals surface area contributed by atoms with Crippen LogP contribution in [0.4, 0.5) is 0 Å². The number of aryl methyl sites for hydroxylation is 2. The molecule has 1 saturated heterocycles. The summed E-state index contributed by atoms with van der Waals surface area (Å²) in [6, 6.07) is 2.25. The molecule has 1 aromatic rings. The minimum atomic E-state index is -0.0506. The van der Waals surface area contributed by atoms with E-state index in [1.54, 1.807) is 0 Å². The summed E-state index contributed by atoms with van der Waals surface area (Å²) in [5.74, 6) is 0. The van der Waals surface area contributed by atoms with Gasteiger partial charge in [-0.1, -0.05) is 6.07 Å². The molecule has 15 heavy (non-hydrogen) atoms. The molecule has 82 valence electrons. The summed E-state index contributed by atoms with van der Waals surface area (Å²) in [5.41, 5.74) is 6.84. The van der Waals surface area contributed by atoms with E-state index in [9.17, 15) is 0 Å². The molecule has 1 fully saturated rings. The molecule has 0 radical (unpaired) electrons. The Balaban J connectivity index is 2.63. The molecule has 0 N–H and O–H groups in total. The molecule has 0 unspecified atom stereocenters. The van der Waals surface area contributed by atoms with Gasteiger partial charge in [-0.15, -0.1) is 0 Å². The first-order chi connectivity index (χ1) is 6.96. The molecular formula is C13H18OS. The third-order valence-electron chi connectivity index (χ3n) is 3.51. The summed E-state index contributed by atoms with van der Waals surface area (Å²) in [5, 5.41) is 0. The molecule has 1 aliphatic heterocycles. The largest absolute Gasteiger partial charge is 0.378 e. The van der Waals surface area contributed by atoms with Crippen molar-refractivity contribution in [1.82, 2.24) is 0 Å². The molecule has 2 heteroatoms. The first kappa shape index (κ1) is 11.0. The van der Waals surface area contributed by atoms with E-state index >= 15 is 0 Å². The second-order valence-corrected chi connectivity index (χ2v) is 5.52. The van der Waals surface area contributed by atoms with Gasteiger partial charge < -0.3 is 4.74 Å². The Morgan fingerprint density at radius 1 is 1.07 bits per heavy atom. The highest BCUT2D eigenvalue weighted by atomic mass is 32.1. The number of benzene rings is 1. The van der Waals surface area contributed by atoms with Gasteiger partial charge in [0.15, 0.2) is 0 Å². The number of hydrogen-bond acceptors (Lipinski definition) is 2. The predicted octanol–water partition coefficient (Wildman–Crippen LogP) is 3.08. The molecule has 1 aliphatic rings. The summed E-state index contributed by atoms with van der Waals surface area (Å²) in [4.78, 5) is 0. The van der Waals surface area contributed by atoms with Crippen molar-refractivity contribution in [3.63, 3.8) is 0 Å². The maximum absolute atomic E-state index is 5.31. The molecular weight excluding hydrogens is 204 g/mol. The van der Waals surface area contributed by atoms with Crippen LogP contribution in [0.5, 0.6) is 0 Å². The summed E-state index contributed by atoms with van der Waals surface area (Å²) in [7, 11) is 0. The molecule has 1 heterocycles. The molecule has 1 nitrogen and oxygen atoms in total. The average molecular weight is 222 g/mol. The van der Waals surface area contributed by atoms with E-state index in [2.05, 4.69) is 33.8 Å². The van der Waals surface area contributed by atoms with Gasteiger partial charge in [0.1, 0.15) is 0 Å². The maximum atomic E-state index is 5.31. The number of rotatable bonds is 1. The zero-order valence-corrected chi connectivity index (χ0v) is 10.7. The fourth-order valence-electron chi connectivity index (χ4n) is 2.35. The predicted molar refractivity (Wildman–Crippen MR) is 66.9 cm³/mol.